The van der Waals surface area contributed by atoms with Crippen molar-refractivity contribution in [3.63, 3.8) is 0 Å². The van der Waals surface area contributed by atoms with Gasteiger partial charge in [-0.25, -0.2) is 10.4 Å². The number of amides is 1. The molecule has 4 N–H and O–H groups in total. The van der Waals surface area contributed by atoms with Gasteiger partial charge in [0.1, 0.15) is 0 Å². The van der Waals surface area contributed by atoms with Crippen LogP contribution in [-0.2, 0) is 28.9 Å². The maximum atomic E-state index is 11.5. The summed E-state index contributed by atoms with van der Waals surface area (Å²) < 4.78 is 7.64. The molecular formula is C50H78BN7O4S. The normalized spacial score (nSPS) is 18.9. The number of aliphatic hydroxyl groups is 2. The highest BCUT2D eigenvalue weighted by Crippen LogP contribution is 2.40. The fraction of sp³-hybridized carbons (Fsp3) is 0.580. The Balaban J connectivity index is 0.000000435. The number of aryl methyl sites for hydroxylation is 1. The van der Waals surface area contributed by atoms with Gasteiger partial charge in [-0.15, -0.1) is 11.3 Å². The zero-order chi connectivity index (χ0) is 46.5. The van der Waals surface area contributed by atoms with Crippen LogP contribution in [0.15, 0.2) is 67.0 Å². The lowest BCUT2D eigenvalue weighted by atomic mass is 9.92. The molecule has 11 nitrogen and oxygen atoms in total. The topological polar surface area (TPSA) is 128 Å². The second-order valence-electron chi connectivity index (χ2n) is 17.1. The lowest BCUT2D eigenvalue weighted by Gasteiger charge is -2.34. The van der Waals surface area contributed by atoms with Crippen LogP contribution in [-0.4, -0.2) is 107 Å². The fourth-order valence-electron chi connectivity index (χ4n) is 8.07. The van der Waals surface area contributed by atoms with Gasteiger partial charge >= 0.3 is 0 Å². The number of aromatic nitrogens is 3. The number of aliphatic hydroxyl groups excluding tert-OH is 2. The summed E-state index contributed by atoms with van der Waals surface area (Å²) in [4.78, 5) is 23.6. The number of likely N-dealkylation sites (tertiary alicyclic amines) is 1. The van der Waals surface area contributed by atoms with Crippen LogP contribution in [0.1, 0.15) is 103 Å². The number of rotatable bonds is 16. The third kappa shape index (κ3) is 15.6. The molecule has 2 radical (unpaired) electrons. The van der Waals surface area contributed by atoms with E-state index in [9.17, 15) is 4.79 Å². The summed E-state index contributed by atoms with van der Waals surface area (Å²) in [6, 6.07) is 10.9. The molecular weight excluding hydrogens is 805 g/mol. The van der Waals surface area contributed by atoms with Gasteiger partial charge in [0.2, 0.25) is 6.41 Å². The van der Waals surface area contributed by atoms with E-state index in [2.05, 4.69) is 130 Å². The Morgan fingerprint density at radius 1 is 1.13 bits per heavy atom. The van der Waals surface area contributed by atoms with Gasteiger partial charge in [0.05, 0.1) is 55.0 Å². The highest BCUT2D eigenvalue weighted by Gasteiger charge is 2.27. The number of nitrogens with one attached hydrogen (secondary N) is 2. The Hall–Kier alpha value is -4.01. The molecule has 3 aliphatic rings. The van der Waals surface area contributed by atoms with E-state index in [4.69, 9.17) is 24.9 Å². The van der Waals surface area contributed by atoms with E-state index in [1.54, 1.807) is 18.4 Å². The van der Waals surface area contributed by atoms with Gasteiger partial charge in [-0.1, -0.05) is 67.6 Å². The van der Waals surface area contributed by atoms with Gasteiger partial charge in [0, 0.05) is 92.1 Å². The second kappa shape index (κ2) is 28.0. The Morgan fingerprint density at radius 2 is 1.84 bits per heavy atom. The monoisotopic (exact) mass is 884 g/mol. The number of fused-ring (bicyclic) bond motifs is 1. The first kappa shape index (κ1) is 53.3. The van der Waals surface area contributed by atoms with E-state index in [0.29, 0.717) is 24.4 Å². The van der Waals surface area contributed by atoms with Crippen LogP contribution in [0.5, 0.6) is 0 Å². The van der Waals surface area contributed by atoms with Crippen molar-refractivity contribution >= 4 is 36.5 Å². The van der Waals surface area contributed by atoms with E-state index >= 15 is 0 Å². The molecule has 2 aliphatic heterocycles. The summed E-state index contributed by atoms with van der Waals surface area (Å²) in [6.45, 7) is 30.5. The van der Waals surface area contributed by atoms with Crippen LogP contribution in [0.2, 0.25) is 6.82 Å². The number of benzene rings is 1. The molecule has 3 aromatic heterocycles. The summed E-state index contributed by atoms with van der Waals surface area (Å²) >= 11 is 1.64. The van der Waals surface area contributed by atoms with Gasteiger partial charge in [-0.05, 0) is 98.9 Å². The SMILES string of the molecule is C=C(C(Cc1nc(-c2ccc3c(c2)c(CC(C)C)c(-c2cccnc2C(C)CC)n3CC)cs1)NC=O)N1CCCCN1.C=CO.CC1CC1C.COC1CCN(CCO)C1.[B]C. The zero-order valence-electron chi connectivity index (χ0n) is 39.9. The van der Waals surface area contributed by atoms with Crippen molar-refractivity contribution in [1.82, 2.24) is 35.2 Å². The molecule has 1 aliphatic carbocycles. The molecule has 7 rings (SSSR count). The maximum Gasteiger partial charge on any atom is 0.207 e. The average Bonchev–Trinajstić information content (AvgIpc) is 3.67. The molecule has 0 bridgehead atoms. The molecule has 1 aromatic carbocycles. The van der Waals surface area contributed by atoms with Crippen LogP contribution >= 0.6 is 11.3 Å². The first-order valence-electron chi connectivity index (χ1n) is 23.1. The second-order valence-corrected chi connectivity index (χ2v) is 18.1. The number of hydrogen-bond donors (Lipinski definition) is 4. The number of thiazole rings is 1. The standard InChI is InChI=1S/C35H46N6OS.C7H15NO2.C5H10.C2H4O.CH3B/c1-7-24(5)34-27(12-11-15-36-34)35-29(18-23(3)4)28-19-26(13-14-32(28)40(35)8-2)31-21-43-33(39-31)20-30(37-22-42)25(6)41-17-10-9-16-38-41;1-10-7-2-3-8(6-7)4-5-9;1-4-3-5(4)2;1-2-3;1-2/h11-15,19,21-24,30,38H,6-10,16-18,20H2,1-5H3,(H,37,42);7,9H,2-6H2,1H3;4-5H,3H2,1-2H3;2-3H,1H2;1H3. The third-order valence-electron chi connectivity index (χ3n) is 12.1. The van der Waals surface area contributed by atoms with E-state index in [-0.39, 0.29) is 12.6 Å². The summed E-state index contributed by atoms with van der Waals surface area (Å²) in [5, 5.41) is 25.4. The number of methoxy groups -OCH3 is 1. The van der Waals surface area contributed by atoms with Crippen molar-refractivity contribution in [1.29, 1.82) is 0 Å². The smallest absolute Gasteiger partial charge is 0.207 e. The summed E-state index contributed by atoms with van der Waals surface area (Å²) in [7, 11) is 6.24. The number of nitrogens with zero attached hydrogens (tertiary/aromatic N) is 5. The van der Waals surface area contributed by atoms with Crippen molar-refractivity contribution in [2.45, 2.75) is 125 Å². The molecule has 5 atom stereocenters. The van der Waals surface area contributed by atoms with E-state index < -0.39 is 0 Å². The summed E-state index contributed by atoms with van der Waals surface area (Å²) in [5.74, 6) is 3.00. The predicted octanol–water partition coefficient (Wildman–Crippen LogP) is 9.58. The van der Waals surface area contributed by atoms with Gasteiger partial charge < -0.3 is 29.8 Å². The first-order valence-corrected chi connectivity index (χ1v) is 24.0. The molecule has 1 amide bonds. The molecule has 1 saturated carbocycles. The number of carbonyl (C=O) groups excluding carboxylic acids is 1. The van der Waals surface area contributed by atoms with E-state index in [1.807, 2.05) is 6.20 Å². The van der Waals surface area contributed by atoms with Crippen LogP contribution in [0.4, 0.5) is 0 Å². The average molecular weight is 884 g/mol. The van der Waals surface area contributed by atoms with Gasteiger partial charge in [0.15, 0.2) is 0 Å². The molecule has 5 heterocycles. The maximum absolute atomic E-state index is 11.5. The molecule has 5 unspecified atom stereocenters. The summed E-state index contributed by atoms with van der Waals surface area (Å²) in [6.07, 6.45) is 11.3. The van der Waals surface area contributed by atoms with Gasteiger partial charge in [-0.3, -0.25) is 14.7 Å². The molecule has 3 fully saturated rings. The largest absolute Gasteiger partial charge is 0.516 e. The molecule has 4 aromatic rings. The van der Waals surface area contributed by atoms with Crippen molar-refractivity contribution in [2.75, 3.05) is 46.4 Å². The van der Waals surface area contributed by atoms with Crippen LogP contribution < -0.4 is 10.7 Å². The fourth-order valence-corrected chi connectivity index (χ4v) is 8.92. The van der Waals surface area contributed by atoms with Gasteiger partial charge in [0.25, 0.3) is 0 Å². The number of β-amino-alcohol motifs (C(OH)–C–C–N with tert-alkyl or cyclic N) is 1. The number of ether oxygens (including phenoxy) is 1. The molecule has 0 spiro atoms. The van der Waals surface area contributed by atoms with Crippen LogP contribution in [0.3, 0.4) is 0 Å². The van der Waals surface area contributed by atoms with Crippen molar-refractivity contribution < 1.29 is 19.7 Å². The third-order valence-corrected chi connectivity index (χ3v) is 13.0. The highest BCUT2D eigenvalue weighted by atomic mass is 32.1. The molecule has 346 valence electrons. The Bertz CT molecular complexity index is 1960. The minimum absolute atomic E-state index is 0.206. The van der Waals surface area contributed by atoms with Crippen LogP contribution in [0, 0.1) is 17.8 Å². The Morgan fingerprint density at radius 3 is 2.40 bits per heavy atom. The number of pyridine rings is 1. The van der Waals surface area contributed by atoms with Crippen LogP contribution in [0.25, 0.3) is 33.4 Å². The molecule has 2 saturated heterocycles. The highest BCUT2D eigenvalue weighted by molar-refractivity contribution is 7.10. The minimum Gasteiger partial charge on any atom is -0.516 e. The van der Waals surface area contributed by atoms with Crippen molar-refractivity contribution in [3.8, 4) is 22.5 Å². The quantitative estimate of drug-likeness (QED) is 0.0495. The molecule has 13 heteroatoms. The summed E-state index contributed by atoms with van der Waals surface area (Å²) in [5.41, 5.74) is 12.7. The zero-order valence-corrected chi connectivity index (χ0v) is 40.7. The first-order chi connectivity index (χ1) is 30.4. The van der Waals surface area contributed by atoms with E-state index in [0.717, 1.165) is 118 Å². The molecule has 63 heavy (non-hydrogen) atoms. The lowest BCUT2D eigenvalue weighted by molar-refractivity contribution is -0.110. The Labute approximate surface area is 384 Å². The van der Waals surface area contributed by atoms with Gasteiger partial charge in [-0.2, -0.15) is 0 Å². The van der Waals surface area contributed by atoms with Crippen molar-refractivity contribution in [3.05, 3.63) is 83.3 Å². The number of carbonyl (C=O) groups is 1. The Kier molecular flexibility index (Phi) is 23.7. The lowest BCUT2D eigenvalue weighted by Crippen LogP contribution is -2.48. The predicted molar refractivity (Wildman–Crippen MR) is 265 cm³/mol. The minimum atomic E-state index is -0.206. The number of hydrogen-bond acceptors (Lipinski definition) is 10. The van der Waals surface area contributed by atoms with Crippen molar-refractivity contribution in [2.24, 2.45) is 17.8 Å². The number of hydrazine groups is 1. The van der Waals surface area contributed by atoms with E-state index in [1.165, 1.54) is 46.7 Å².